The molecule has 0 aliphatic carbocycles. The van der Waals surface area contributed by atoms with Gasteiger partial charge in [0, 0.05) is 72.8 Å². The van der Waals surface area contributed by atoms with E-state index in [9.17, 15) is 14.4 Å². The van der Waals surface area contributed by atoms with Gasteiger partial charge in [0.1, 0.15) is 5.82 Å². The summed E-state index contributed by atoms with van der Waals surface area (Å²) in [5.41, 5.74) is 5.90. The number of nitrogens with zero attached hydrogens (tertiary/aromatic N) is 4. The highest BCUT2D eigenvalue weighted by molar-refractivity contribution is 6.08. The SMILES string of the molecule is C=CC(=O)Cn1ccc2c(C(=O)NC/C(C)=C(/C=C(/C)NC=O)CCC)cc(-c3ccc(N4CCN(C)CC4)nc3)cc21. The van der Waals surface area contributed by atoms with E-state index in [0.29, 0.717) is 18.5 Å². The third-order valence-corrected chi connectivity index (χ3v) is 7.85. The molecule has 1 aliphatic heterocycles. The number of fused-ring (bicyclic) bond motifs is 1. The number of carbonyl (C=O) groups is 3. The van der Waals surface area contributed by atoms with Gasteiger partial charge in [-0.25, -0.2) is 4.98 Å². The van der Waals surface area contributed by atoms with Crippen LogP contribution in [0, 0.1) is 0 Å². The summed E-state index contributed by atoms with van der Waals surface area (Å²) in [5, 5.41) is 6.54. The van der Waals surface area contributed by atoms with Gasteiger partial charge < -0.3 is 25.0 Å². The molecular weight excluding hydrogens is 540 g/mol. The van der Waals surface area contributed by atoms with E-state index >= 15 is 0 Å². The van der Waals surface area contributed by atoms with Crippen molar-refractivity contribution >= 4 is 34.8 Å². The van der Waals surface area contributed by atoms with Crippen molar-refractivity contribution in [2.75, 3.05) is 44.7 Å². The number of aromatic nitrogens is 2. The predicted octanol–water partition coefficient (Wildman–Crippen LogP) is 4.71. The molecule has 0 spiro atoms. The average Bonchev–Trinajstić information content (AvgIpc) is 3.41. The van der Waals surface area contributed by atoms with Gasteiger partial charge in [0.15, 0.2) is 5.78 Å². The van der Waals surface area contributed by atoms with Crippen LogP contribution in [-0.2, 0) is 16.1 Å². The van der Waals surface area contributed by atoms with E-state index in [0.717, 1.165) is 83.7 Å². The van der Waals surface area contributed by atoms with Gasteiger partial charge in [0.05, 0.1) is 6.54 Å². The monoisotopic (exact) mass is 582 g/mol. The fourth-order valence-electron chi connectivity index (χ4n) is 5.30. The van der Waals surface area contributed by atoms with Gasteiger partial charge in [-0.05, 0) is 80.9 Å². The number of likely N-dealkylation sites (N-methyl/N-ethyl adjacent to an activating group) is 1. The molecule has 226 valence electrons. The molecule has 3 aromatic rings. The van der Waals surface area contributed by atoms with Crippen molar-refractivity contribution in [3.05, 3.63) is 83.9 Å². The number of rotatable bonds is 13. The summed E-state index contributed by atoms with van der Waals surface area (Å²) < 4.78 is 1.85. The van der Waals surface area contributed by atoms with Crippen LogP contribution in [0.5, 0.6) is 0 Å². The molecule has 9 heteroatoms. The number of piperazine rings is 1. The standard InChI is InChI=1S/C34H42N6O3/c1-6-8-26(17-25(4)37-23-41)24(3)20-36-34(43)31-18-28(19-32-30(31)11-12-40(32)22-29(42)7-2)27-9-10-33(35-21-27)39-15-13-38(5)14-16-39/h7,9-12,17-19,21,23H,2,6,8,13-16,20,22H2,1,3-5H3,(H,36,43)(H,37,41)/b25-17-,26-24+. The Hall–Kier alpha value is -4.50. The second kappa shape index (κ2) is 14.6. The van der Waals surface area contributed by atoms with Gasteiger partial charge in [-0.2, -0.15) is 0 Å². The molecule has 1 aliphatic rings. The Morgan fingerprint density at radius 2 is 1.84 bits per heavy atom. The third kappa shape index (κ3) is 7.87. The third-order valence-electron chi connectivity index (χ3n) is 7.85. The molecule has 0 saturated carbocycles. The topological polar surface area (TPSA) is 99.6 Å². The predicted molar refractivity (Wildman–Crippen MR) is 173 cm³/mol. The van der Waals surface area contributed by atoms with E-state index < -0.39 is 0 Å². The molecule has 0 radical (unpaired) electrons. The zero-order chi connectivity index (χ0) is 30.9. The van der Waals surface area contributed by atoms with Crippen molar-refractivity contribution in [1.29, 1.82) is 0 Å². The zero-order valence-corrected chi connectivity index (χ0v) is 25.7. The molecule has 3 heterocycles. The van der Waals surface area contributed by atoms with E-state index in [1.54, 1.807) is 0 Å². The van der Waals surface area contributed by atoms with E-state index in [2.05, 4.69) is 41.0 Å². The number of hydrogen-bond acceptors (Lipinski definition) is 6. The number of pyridine rings is 1. The molecule has 2 amide bonds. The molecule has 1 fully saturated rings. The van der Waals surface area contributed by atoms with Crippen molar-refractivity contribution in [3.63, 3.8) is 0 Å². The molecular formula is C34H42N6O3. The smallest absolute Gasteiger partial charge is 0.252 e. The van der Waals surface area contributed by atoms with Crippen LogP contribution in [0.1, 0.15) is 44.0 Å². The maximum Gasteiger partial charge on any atom is 0.252 e. The van der Waals surface area contributed by atoms with E-state index in [4.69, 9.17) is 4.98 Å². The van der Waals surface area contributed by atoms with Crippen LogP contribution < -0.4 is 15.5 Å². The molecule has 43 heavy (non-hydrogen) atoms. The maximum absolute atomic E-state index is 13.7. The van der Waals surface area contributed by atoms with Crippen molar-refractivity contribution in [1.82, 2.24) is 25.1 Å². The maximum atomic E-state index is 13.7. The molecule has 9 nitrogen and oxygen atoms in total. The molecule has 0 unspecified atom stereocenters. The van der Waals surface area contributed by atoms with Crippen molar-refractivity contribution < 1.29 is 14.4 Å². The van der Waals surface area contributed by atoms with Crippen LogP contribution in [0.25, 0.3) is 22.0 Å². The van der Waals surface area contributed by atoms with Gasteiger partial charge >= 0.3 is 0 Å². The minimum absolute atomic E-state index is 0.108. The number of nitrogens with one attached hydrogen (secondary N) is 2. The van der Waals surface area contributed by atoms with Gasteiger partial charge in [0.25, 0.3) is 5.91 Å². The average molecular weight is 583 g/mol. The lowest BCUT2D eigenvalue weighted by Gasteiger charge is -2.33. The Morgan fingerprint density at radius 1 is 1.07 bits per heavy atom. The van der Waals surface area contributed by atoms with E-state index in [-0.39, 0.29) is 18.2 Å². The highest BCUT2D eigenvalue weighted by Gasteiger charge is 2.18. The molecule has 2 N–H and O–H groups in total. The summed E-state index contributed by atoms with van der Waals surface area (Å²) in [6.45, 7) is 13.9. The molecule has 2 aromatic heterocycles. The first-order valence-electron chi connectivity index (χ1n) is 14.8. The lowest BCUT2D eigenvalue weighted by atomic mass is 10.00. The summed E-state index contributed by atoms with van der Waals surface area (Å²) in [7, 11) is 2.13. The second-order valence-corrected chi connectivity index (χ2v) is 11.1. The number of ketones is 1. The van der Waals surface area contributed by atoms with Crippen molar-refractivity contribution in [3.8, 4) is 11.1 Å². The first-order valence-corrected chi connectivity index (χ1v) is 14.8. The lowest BCUT2D eigenvalue weighted by Crippen LogP contribution is -2.44. The Morgan fingerprint density at radius 3 is 2.49 bits per heavy atom. The molecule has 0 bridgehead atoms. The summed E-state index contributed by atoms with van der Waals surface area (Å²) >= 11 is 0. The molecule has 0 atom stereocenters. The molecule has 1 saturated heterocycles. The second-order valence-electron chi connectivity index (χ2n) is 11.1. The lowest BCUT2D eigenvalue weighted by molar-refractivity contribution is -0.115. The largest absolute Gasteiger partial charge is 0.354 e. The summed E-state index contributed by atoms with van der Waals surface area (Å²) in [6.07, 6.45) is 9.38. The number of allylic oxidation sites excluding steroid dienone is 4. The van der Waals surface area contributed by atoms with Crippen molar-refractivity contribution in [2.24, 2.45) is 0 Å². The number of hydrogen-bond donors (Lipinski definition) is 2. The van der Waals surface area contributed by atoms with Crippen LogP contribution in [0.15, 0.2) is 78.3 Å². The number of carbonyl (C=O) groups excluding carboxylic acids is 3. The van der Waals surface area contributed by atoms with Crippen molar-refractivity contribution in [2.45, 2.75) is 40.2 Å². The summed E-state index contributed by atoms with van der Waals surface area (Å²) in [5.74, 6) is 0.626. The Kier molecular flexibility index (Phi) is 10.7. The normalized spacial score (nSPS) is 14.8. The number of anilines is 1. The van der Waals surface area contributed by atoms with Crippen LogP contribution in [0.3, 0.4) is 0 Å². The Bertz CT molecular complexity index is 1540. The Balaban J connectivity index is 1.67. The fraction of sp³-hybridized carbons (Fsp3) is 0.353. The first kappa shape index (κ1) is 31.4. The highest BCUT2D eigenvalue weighted by atomic mass is 16.1. The molecule has 1 aromatic carbocycles. The van der Waals surface area contributed by atoms with Crippen LogP contribution in [0.2, 0.25) is 0 Å². The summed E-state index contributed by atoms with van der Waals surface area (Å²) in [6, 6.07) is 9.85. The van der Waals surface area contributed by atoms with Gasteiger partial charge in [0.2, 0.25) is 6.41 Å². The minimum Gasteiger partial charge on any atom is -0.354 e. The van der Waals surface area contributed by atoms with Gasteiger partial charge in [-0.1, -0.05) is 25.5 Å². The van der Waals surface area contributed by atoms with Crippen LogP contribution in [0.4, 0.5) is 5.82 Å². The van der Waals surface area contributed by atoms with Gasteiger partial charge in [-0.15, -0.1) is 0 Å². The number of amides is 2. The number of benzene rings is 1. The fourth-order valence-corrected chi connectivity index (χ4v) is 5.30. The highest BCUT2D eigenvalue weighted by Crippen LogP contribution is 2.30. The van der Waals surface area contributed by atoms with E-state index in [1.807, 2.05) is 67.2 Å². The van der Waals surface area contributed by atoms with E-state index in [1.165, 1.54) is 6.08 Å². The van der Waals surface area contributed by atoms with Crippen LogP contribution >= 0.6 is 0 Å². The molecule has 4 rings (SSSR count). The Labute approximate surface area is 254 Å². The summed E-state index contributed by atoms with van der Waals surface area (Å²) in [4.78, 5) is 46.2. The first-order chi connectivity index (χ1) is 20.7. The quantitative estimate of drug-likeness (QED) is 0.172. The zero-order valence-electron chi connectivity index (χ0n) is 25.7. The minimum atomic E-state index is -0.205. The van der Waals surface area contributed by atoms with Gasteiger partial charge in [-0.3, -0.25) is 14.4 Å². The van der Waals surface area contributed by atoms with Crippen LogP contribution in [-0.4, -0.2) is 72.3 Å².